The van der Waals surface area contributed by atoms with E-state index in [2.05, 4.69) is 5.32 Å². The van der Waals surface area contributed by atoms with Gasteiger partial charge in [0.2, 0.25) is 0 Å². The fourth-order valence-corrected chi connectivity index (χ4v) is 3.10. The minimum atomic E-state index is -3.65. The van der Waals surface area contributed by atoms with Crippen LogP contribution in [-0.2, 0) is 10.0 Å². The highest BCUT2D eigenvalue weighted by Crippen LogP contribution is 2.28. The molecule has 5 nitrogen and oxygen atoms in total. The van der Waals surface area contributed by atoms with E-state index in [1.54, 1.807) is 13.8 Å². The van der Waals surface area contributed by atoms with Crippen LogP contribution in [0.15, 0.2) is 11.1 Å². The number of amides is 2. The molecule has 0 fully saturated rings. The first-order valence-electron chi connectivity index (χ1n) is 5.13. The monoisotopic (exact) mass is 246 g/mol. The lowest BCUT2D eigenvalue weighted by Gasteiger charge is -2.33. The van der Waals surface area contributed by atoms with Gasteiger partial charge in [0.15, 0.2) is 0 Å². The summed E-state index contributed by atoms with van der Waals surface area (Å²) in [6.07, 6.45) is 0. The Morgan fingerprint density at radius 3 is 2.12 bits per heavy atom. The van der Waals surface area contributed by atoms with Gasteiger partial charge < -0.3 is 5.32 Å². The van der Waals surface area contributed by atoms with E-state index in [0.29, 0.717) is 5.70 Å². The minimum absolute atomic E-state index is 0.386. The fraction of sp³-hybridized carbons (Fsp3) is 0.700. The molecule has 0 aliphatic carbocycles. The van der Waals surface area contributed by atoms with Crippen LogP contribution < -0.4 is 5.32 Å². The zero-order valence-corrected chi connectivity index (χ0v) is 11.1. The molecule has 6 heteroatoms. The molecule has 0 saturated heterocycles. The maximum Gasteiger partial charge on any atom is 0.335 e. The van der Waals surface area contributed by atoms with Gasteiger partial charge in [-0.25, -0.2) is 17.5 Å². The number of urea groups is 1. The number of allylic oxidation sites excluding steroid dienone is 1. The van der Waals surface area contributed by atoms with Crippen molar-refractivity contribution in [2.24, 2.45) is 5.41 Å². The number of nitrogens with zero attached hydrogens (tertiary/aromatic N) is 1. The predicted octanol–water partition coefficient (Wildman–Crippen LogP) is 1.64. The molecule has 92 valence electrons. The summed E-state index contributed by atoms with van der Waals surface area (Å²) in [5.41, 5.74) is 0.0283. The van der Waals surface area contributed by atoms with Crippen LogP contribution >= 0.6 is 0 Å². The number of carbonyl (C=O) groups excluding carboxylic acids is 1. The average Bonchev–Trinajstić information content (AvgIpc) is 1.97. The predicted molar refractivity (Wildman–Crippen MR) is 62.0 cm³/mol. The van der Waals surface area contributed by atoms with E-state index in [1.807, 2.05) is 20.8 Å². The second-order valence-corrected chi connectivity index (χ2v) is 6.81. The first-order valence-corrected chi connectivity index (χ1v) is 6.63. The summed E-state index contributed by atoms with van der Waals surface area (Å²) in [7, 11) is -3.65. The van der Waals surface area contributed by atoms with Gasteiger partial charge >= 0.3 is 6.03 Å². The maximum absolute atomic E-state index is 11.9. The fourth-order valence-electron chi connectivity index (χ4n) is 1.41. The molecular formula is C10H18N2O3S. The average molecular weight is 246 g/mol. The number of nitrogens with one attached hydrogen (secondary N) is 1. The van der Waals surface area contributed by atoms with Crippen LogP contribution in [0.1, 0.15) is 34.6 Å². The number of sulfonamides is 1. The molecule has 0 bridgehead atoms. The number of hydrogen-bond acceptors (Lipinski definition) is 3. The van der Waals surface area contributed by atoms with Crippen molar-refractivity contribution in [2.75, 3.05) is 0 Å². The molecule has 1 rings (SSSR count). The molecule has 0 atom stereocenters. The normalized spacial score (nSPS) is 20.8. The largest absolute Gasteiger partial charge is 0.335 e. The third-order valence-corrected chi connectivity index (χ3v) is 3.93. The molecule has 0 spiro atoms. The summed E-state index contributed by atoms with van der Waals surface area (Å²) in [6, 6.07) is -0.967. The second-order valence-electron chi connectivity index (χ2n) is 5.15. The zero-order valence-electron chi connectivity index (χ0n) is 10.2. The minimum Gasteiger partial charge on any atom is -0.309 e. The molecule has 1 aliphatic heterocycles. The van der Waals surface area contributed by atoms with Gasteiger partial charge in [-0.15, -0.1) is 0 Å². The number of hydrogen-bond donors (Lipinski definition) is 1. The summed E-state index contributed by atoms with van der Waals surface area (Å²) < 4.78 is 24.6. The highest BCUT2D eigenvalue weighted by molar-refractivity contribution is 7.92. The van der Waals surface area contributed by atoms with Crippen molar-refractivity contribution >= 4 is 16.1 Å². The Morgan fingerprint density at radius 2 is 1.81 bits per heavy atom. The van der Waals surface area contributed by atoms with Crippen LogP contribution in [0.4, 0.5) is 4.79 Å². The number of rotatable bonds is 1. The third-order valence-electron chi connectivity index (χ3n) is 2.26. The summed E-state index contributed by atoms with van der Waals surface area (Å²) in [4.78, 5) is 11.7. The SMILES string of the molecule is CC(C)N1C(=O)NC(C(C)(C)C)=CS1(=O)=O. The lowest BCUT2D eigenvalue weighted by Crippen LogP contribution is -2.51. The van der Waals surface area contributed by atoms with Gasteiger partial charge in [-0.05, 0) is 13.8 Å². The van der Waals surface area contributed by atoms with E-state index in [9.17, 15) is 13.2 Å². The first-order chi connectivity index (χ1) is 7.05. The lowest BCUT2D eigenvalue weighted by molar-refractivity contribution is 0.215. The number of carbonyl (C=O) groups is 1. The van der Waals surface area contributed by atoms with Gasteiger partial charge in [0.1, 0.15) is 0 Å². The molecule has 0 aromatic rings. The van der Waals surface area contributed by atoms with E-state index in [1.165, 1.54) is 0 Å². The summed E-state index contributed by atoms with van der Waals surface area (Å²) in [5.74, 6) is 0. The van der Waals surface area contributed by atoms with Crippen LogP contribution in [0.3, 0.4) is 0 Å². The van der Waals surface area contributed by atoms with E-state index in [-0.39, 0.29) is 6.04 Å². The summed E-state index contributed by atoms with van der Waals surface area (Å²) in [5, 5.41) is 3.75. The highest BCUT2D eigenvalue weighted by atomic mass is 32.2. The second kappa shape index (κ2) is 3.76. The van der Waals surface area contributed by atoms with Crippen LogP contribution in [0.2, 0.25) is 0 Å². The standard InChI is InChI=1S/C10H18N2O3S/c1-7(2)12-9(13)11-8(10(3,4)5)6-16(12,14)15/h6-7H,1-5H3,(H,11,13). The molecule has 1 aliphatic rings. The zero-order chi connectivity index (χ0) is 12.7. The highest BCUT2D eigenvalue weighted by Gasteiger charge is 2.36. The van der Waals surface area contributed by atoms with Crippen molar-refractivity contribution < 1.29 is 13.2 Å². The van der Waals surface area contributed by atoms with Gasteiger partial charge in [-0.1, -0.05) is 20.8 Å². The van der Waals surface area contributed by atoms with Gasteiger partial charge in [0.25, 0.3) is 10.0 Å². The Balaban J connectivity index is 3.25. The van der Waals surface area contributed by atoms with E-state index < -0.39 is 21.5 Å². The molecule has 16 heavy (non-hydrogen) atoms. The Bertz CT molecular complexity index is 429. The quantitative estimate of drug-likeness (QED) is 0.764. The molecule has 0 unspecified atom stereocenters. The molecular weight excluding hydrogens is 228 g/mol. The van der Waals surface area contributed by atoms with Crippen molar-refractivity contribution in [1.82, 2.24) is 9.62 Å². The van der Waals surface area contributed by atoms with Crippen molar-refractivity contribution in [3.05, 3.63) is 11.1 Å². The first kappa shape index (κ1) is 13.0. The molecule has 0 aromatic heterocycles. The Labute approximate surface area is 96.6 Å². The maximum atomic E-state index is 11.9. The van der Waals surface area contributed by atoms with Crippen LogP contribution in [-0.4, -0.2) is 24.8 Å². The van der Waals surface area contributed by atoms with Gasteiger partial charge in [-0.2, -0.15) is 0 Å². The summed E-state index contributed by atoms with van der Waals surface area (Å²) in [6.45, 7) is 8.86. The van der Waals surface area contributed by atoms with Crippen molar-refractivity contribution in [2.45, 2.75) is 40.7 Å². The smallest absolute Gasteiger partial charge is 0.309 e. The van der Waals surface area contributed by atoms with Gasteiger partial charge in [0.05, 0.1) is 5.41 Å². The Hall–Kier alpha value is -1.04. The van der Waals surface area contributed by atoms with Crippen LogP contribution in [0, 0.1) is 5.41 Å². The Kier molecular flexibility index (Phi) is 3.06. The van der Waals surface area contributed by atoms with Crippen molar-refractivity contribution in [3.63, 3.8) is 0 Å². The van der Waals surface area contributed by atoms with Crippen molar-refractivity contribution in [3.8, 4) is 0 Å². The molecule has 1 heterocycles. The molecule has 0 saturated carbocycles. The van der Waals surface area contributed by atoms with Gasteiger partial charge in [-0.3, -0.25) is 0 Å². The summed E-state index contributed by atoms with van der Waals surface area (Å²) >= 11 is 0. The third kappa shape index (κ3) is 2.37. The van der Waals surface area contributed by atoms with Gasteiger partial charge in [0, 0.05) is 17.2 Å². The van der Waals surface area contributed by atoms with E-state index in [0.717, 1.165) is 9.71 Å². The van der Waals surface area contributed by atoms with E-state index >= 15 is 0 Å². The molecule has 2 amide bonds. The van der Waals surface area contributed by atoms with E-state index in [4.69, 9.17) is 0 Å². The van der Waals surface area contributed by atoms with Crippen LogP contribution in [0.25, 0.3) is 0 Å². The van der Waals surface area contributed by atoms with Crippen molar-refractivity contribution in [1.29, 1.82) is 0 Å². The molecule has 1 N–H and O–H groups in total. The lowest BCUT2D eigenvalue weighted by atomic mass is 9.93. The van der Waals surface area contributed by atoms with Crippen LogP contribution in [0.5, 0.6) is 0 Å². The molecule has 0 aromatic carbocycles. The topological polar surface area (TPSA) is 66.5 Å². The molecule has 0 radical (unpaired) electrons. The Morgan fingerprint density at radius 1 is 1.31 bits per heavy atom.